The minimum Gasteiger partial charge on any atom is -0.508 e. The van der Waals surface area contributed by atoms with E-state index in [0.29, 0.717) is 17.2 Å². The number of ketones is 2. The number of rotatable bonds is 4. The molecule has 0 spiro atoms. The fourth-order valence-corrected chi connectivity index (χ4v) is 6.96. The average Bonchev–Trinajstić information content (AvgIpc) is 2.84. The molecule has 0 aliphatic heterocycles. The van der Waals surface area contributed by atoms with E-state index in [1.807, 2.05) is 0 Å². The lowest BCUT2D eigenvalue weighted by Gasteiger charge is -2.50. The lowest BCUT2D eigenvalue weighted by molar-refractivity contribution is -0.153. The van der Waals surface area contributed by atoms with Gasteiger partial charge in [0.25, 0.3) is 5.91 Å². The van der Waals surface area contributed by atoms with Crippen LogP contribution in [-0.4, -0.2) is 74.6 Å². The zero-order valence-corrected chi connectivity index (χ0v) is 21.8. The fourth-order valence-electron chi connectivity index (χ4n) is 6.96. The Hall–Kier alpha value is -3.37. The summed E-state index contributed by atoms with van der Waals surface area (Å²) in [5.41, 5.74) is 2.96. The number of nitrogens with one attached hydrogen (secondary N) is 1. The van der Waals surface area contributed by atoms with E-state index >= 15 is 0 Å². The first-order valence-electron chi connectivity index (χ1n) is 13.1. The quantitative estimate of drug-likeness (QED) is 0.254. The lowest BCUT2D eigenvalue weighted by atomic mass is 9.57. The molecule has 4 atom stereocenters. The molecule has 0 unspecified atom stereocenters. The van der Waals surface area contributed by atoms with E-state index in [2.05, 4.69) is 12.2 Å². The number of nitrogens with zero attached hydrogens (tertiary/aromatic N) is 1. The van der Waals surface area contributed by atoms with E-state index in [1.165, 1.54) is 4.90 Å². The number of aliphatic hydroxyl groups excluding tert-OH is 2. The molecule has 4 aliphatic carbocycles. The van der Waals surface area contributed by atoms with Crippen LogP contribution < -0.4 is 11.1 Å². The molecule has 0 radical (unpaired) electrons. The molecule has 10 nitrogen and oxygen atoms in total. The van der Waals surface area contributed by atoms with Gasteiger partial charge < -0.3 is 31.5 Å². The number of phenols is 1. The van der Waals surface area contributed by atoms with Crippen LogP contribution in [0, 0.1) is 17.8 Å². The maximum absolute atomic E-state index is 13.9. The summed E-state index contributed by atoms with van der Waals surface area (Å²) in [6.07, 6.45) is 4.43. The molecule has 2 fully saturated rings. The van der Waals surface area contributed by atoms with Gasteiger partial charge in [-0.2, -0.15) is 0 Å². The number of benzene rings is 1. The van der Waals surface area contributed by atoms with E-state index < -0.39 is 58.0 Å². The smallest absolute Gasteiger partial charge is 0.255 e. The zero-order chi connectivity index (χ0) is 27.7. The van der Waals surface area contributed by atoms with Crippen LogP contribution in [0.3, 0.4) is 0 Å². The van der Waals surface area contributed by atoms with Crippen LogP contribution in [0.25, 0.3) is 5.76 Å². The number of primary amides is 1. The van der Waals surface area contributed by atoms with Crippen LogP contribution in [0.4, 0.5) is 5.69 Å². The van der Waals surface area contributed by atoms with Gasteiger partial charge in [0.2, 0.25) is 5.78 Å². The molecule has 4 aliphatic rings. The van der Waals surface area contributed by atoms with Crippen LogP contribution >= 0.6 is 0 Å². The van der Waals surface area contributed by atoms with Crippen molar-refractivity contribution in [2.75, 3.05) is 19.4 Å². The molecule has 204 valence electrons. The third kappa shape index (κ3) is 3.72. The van der Waals surface area contributed by atoms with Crippen molar-refractivity contribution in [2.45, 2.75) is 63.1 Å². The van der Waals surface area contributed by atoms with Crippen LogP contribution in [0.1, 0.15) is 50.2 Å². The number of hydrogen-bond acceptors (Lipinski definition) is 9. The topological polar surface area (TPSA) is 173 Å². The zero-order valence-electron chi connectivity index (χ0n) is 21.8. The molecular formula is C28H35N3O7. The van der Waals surface area contributed by atoms with Gasteiger partial charge in [0.1, 0.15) is 22.8 Å². The Balaban J connectivity index is 1.59. The van der Waals surface area contributed by atoms with Gasteiger partial charge in [0, 0.05) is 17.5 Å². The standard InChI is InChI=1S/C28H35N3O7/c1-12-4-7-15(8-5-12)30-17-9-6-13-10-14-11-16-21(31(2)3)24(34)20(27(29)37)26(36)28(16,38)25(35)19(14)23(33)18(13)22(17)32/h6,9,12,14-16,21,30,32-33,36,38H,4-5,7-8,10-11H2,1-3H3,(H2,29,37)/t12?,14-,15?,16-,21-,28-/m0/s1. The number of aliphatic hydroxyl groups is 3. The number of anilines is 1. The summed E-state index contributed by atoms with van der Waals surface area (Å²) in [6.45, 7) is 2.22. The molecule has 2 saturated carbocycles. The van der Waals surface area contributed by atoms with Crippen LogP contribution in [-0.2, 0) is 20.8 Å². The number of fused-ring (bicyclic) bond motifs is 3. The SMILES string of the molecule is CC1CCC(Nc2ccc3c(c2O)C(O)=C2C(=O)[C@]4(O)C(O)=C(C(N)=O)C(=O)[C@@H](N(C)C)[C@@H]4C[C@@H]2C3)CC1. The fraction of sp³-hybridized carbons (Fsp3) is 0.536. The number of Topliss-reactive ketones (excluding diaryl/α,β-unsaturated/α-hetero) is 2. The summed E-state index contributed by atoms with van der Waals surface area (Å²) in [5.74, 6) is -5.75. The van der Waals surface area contributed by atoms with Crippen molar-refractivity contribution in [1.82, 2.24) is 4.90 Å². The highest BCUT2D eigenvalue weighted by molar-refractivity contribution is 6.24. The summed E-state index contributed by atoms with van der Waals surface area (Å²) in [7, 11) is 3.15. The monoisotopic (exact) mass is 525 g/mol. The van der Waals surface area contributed by atoms with Crippen molar-refractivity contribution in [2.24, 2.45) is 23.5 Å². The van der Waals surface area contributed by atoms with Crippen molar-refractivity contribution in [3.63, 3.8) is 0 Å². The van der Waals surface area contributed by atoms with Crippen LogP contribution in [0.5, 0.6) is 5.75 Å². The van der Waals surface area contributed by atoms with E-state index in [1.54, 1.807) is 26.2 Å². The molecule has 0 saturated heterocycles. The maximum Gasteiger partial charge on any atom is 0.255 e. The Bertz CT molecular complexity index is 1290. The number of phenolic OH excluding ortho intramolecular Hbond substituents is 1. The van der Waals surface area contributed by atoms with Gasteiger partial charge in [0.05, 0.1) is 17.3 Å². The molecule has 5 rings (SSSR count). The Kier molecular flexibility index (Phi) is 6.30. The predicted molar refractivity (Wildman–Crippen MR) is 139 cm³/mol. The highest BCUT2D eigenvalue weighted by Gasteiger charge is 2.64. The van der Waals surface area contributed by atoms with Crippen molar-refractivity contribution < 1.29 is 34.8 Å². The first-order chi connectivity index (χ1) is 17.9. The van der Waals surface area contributed by atoms with Gasteiger partial charge in [-0.25, -0.2) is 0 Å². The first-order valence-corrected chi connectivity index (χ1v) is 13.1. The van der Waals surface area contributed by atoms with E-state index in [9.17, 15) is 34.8 Å². The number of aromatic hydroxyl groups is 1. The molecule has 1 aromatic carbocycles. The van der Waals surface area contributed by atoms with Gasteiger partial charge in [-0.1, -0.05) is 13.0 Å². The van der Waals surface area contributed by atoms with Gasteiger partial charge in [-0.15, -0.1) is 0 Å². The number of hydrogen-bond donors (Lipinski definition) is 6. The largest absolute Gasteiger partial charge is 0.508 e. The molecule has 0 bridgehead atoms. The minimum atomic E-state index is -2.63. The first kappa shape index (κ1) is 26.2. The van der Waals surface area contributed by atoms with Crippen molar-refractivity contribution in [3.8, 4) is 5.75 Å². The summed E-state index contributed by atoms with van der Waals surface area (Å²) < 4.78 is 0. The van der Waals surface area contributed by atoms with Gasteiger partial charge >= 0.3 is 0 Å². The summed E-state index contributed by atoms with van der Waals surface area (Å²) in [5, 5.41) is 48.5. The molecule has 1 amide bonds. The molecule has 0 heterocycles. The van der Waals surface area contributed by atoms with E-state index in [0.717, 1.165) is 25.7 Å². The number of nitrogens with two attached hydrogens (primary N) is 1. The second-order valence-corrected chi connectivity index (χ2v) is 11.6. The number of carbonyl (C=O) groups is 3. The Morgan fingerprint density at radius 3 is 2.37 bits per heavy atom. The van der Waals surface area contributed by atoms with E-state index in [-0.39, 0.29) is 35.8 Å². The Morgan fingerprint density at radius 2 is 1.76 bits per heavy atom. The molecule has 7 N–H and O–H groups in total. The maximum atomic E-state index is 13.9. The summed E-state index contributed by atoms with van der Waals surface area (Å²) >= 11 is 0. The number of amides is 1. The third-order valence-electron chi connectivity index (χ3n) is 8.97. The second kappa shape index (κ2) is 9.13. The van der Waals surface area contributed by atoms with Crippen molar-refractivity contribution in [3.05, 3.63) is 40.2 Å². The van der Waals surface area contributed by atoms with Crippen LogP contribution in [0.15, 0.2) is 29.0 Å². The molecule has 10 heteroatoms. The summed E-state index contributed by atoms with van der Waals surface area (Å²) in [6, 6.07) is 2.66. The Morgan fingerprint density at radius 1 is 1.11 bits per heavy atom. The van der Waals surface area contributed by atoms with E-state index in [4.69, 9.17) is 5.73 Å². The Labute approximate surface area is 220 Å². The molecule has 38 heavy (non-hydrogen) atoms. The second-order valence-electron chi connectivity index (χ2n) is 11.6. The van der Waals surface area contributed by atoms with Crippen molar-refractivity contribution >= 4 is 28.9 Å². The van der Waals surface area contributed by atoms with Crippen LogP contribution in [0.2, 0.25) is 0 Å². The predicted octanol–water partition coefficient (Wildman–Crippen LogP) is 1.95. The number of likely N-dealkylation sites (N-methyl/N-ethyl adjacent to an activating group) is 1. The molecule has 1 aromatic rings. The number of carbonyl (C=O) groups excluding carboxylic acids is 3. The van der Waals surface area contributed by atoms with Gasteiger partial charge in [0.15, 0.2) is 11.4 Å². The normalized spacial score (nSPS) is 33.1. The summed E-state index contributed by atoms with van der Waals surface area (Å²) in [4.78, 5) is 40.6. The minimum absolute atomic E-state index is 0.0762. The molecular weight excluding hydrogens is 490 g/mol. The van der Waals surface area contributed by atoms with Gasteiger partial charge in [-0.3, -0.25) is 19.3 Å². The van der Waals surface area contributed by atoms with Gasteiger partial charge in [-0.05, 0) is 76.1 Å². The molecule has 0 aromatic heterocycles. The van der Waals surface area contributed by atoms with Crippen molar-refractivity contribution in [1.29, 1.82) is 0 Å². The highest BCUT2D eigenvalue weighted by Crippen LogP contribution is 2.53. The third-order valence-corrected chi connectivity index (χ3v) is 8.97. The lowest BCUT2D eigenvalue weighted by Crippen LogP contribution is -2.65. The average molecular weight is 526 g/mol. The highest BCUT2D eigenvalue weighted by atomic mass is 16.3.